The van der Waals surface area contributed by atoms with Gasteiger partial charge in [0.1, 0.15) is 12.3 Å². The molecule has 1 atom stereocenters. The minimum absolute atomic E-state index is 0. The minimum atomic E-state index is -0.226. The van der Waals surface area contributed by atoms with Gasteiger partial charge in [-0.25, -0.2) is 4.57 Å². The van der Waals surface area contributed by atoms with Crippen molar-refractivity contribution in [1.82, 2.24) is 4.90 Å². The van der Waals surface area contributed by atoms with Crippen molar-refractivity contribution in [2.45, 2.75) is 57.6 Å². The number of amides is 1. The highest BCUT2D eigenvalue weighted by Gasteiger charge is 2.39. The van der Waals surface area contributed by atoms with E-state index in [4.69, 9.17) is 27.9 Å². The van der Waals surface area contributed by atoms with E-state index in [1.54, 1.807) is 0 Å². The first kappa shape index (κ1) is 31.9. The van der Waals surface area contributed by atoms with Gasteiger partial charge in [-0.2, -0.15) is 0 Å². The quantitative estimate of drug-likeness (QED) is 0.248. The van der Waals surface area contributed by atoms with Crippen molar-refractivity contribution in [3.63, 3.8) is 0 Å². The van der Waals surface area contributed by atoms with Gasteiger partial charge in [0, 0.05) is 37.1 Å². The summed E-state index contributed by atoms with van der Waals surface area (Å²) in [6.07, 6.45) is 7.51. The summed E-state index contributed by atoms with van der Waals surface area (Å²) in [5, 5.41) is 1.09. The second kappa shape index (κ2) is 14.4. The van der Waals surface area contributed by atoms with E-state index in [0.29, 0.717) is 23.0 Å². The molecule has 0 spiro atoms. The average molecular weight is 624 g/mol. The minimum Gasteiger partial charge on any atom is -1.00 e. The van der Waals surface area contributed by atoms with E-state index >= 15 is 0 Å². The first-order chi connectivity index (χ1) is 19.8. The molecule has 1 aliphatic rings. The molecule has 0 bridgehead atoms. The number of hydrogen-bond donors (Lipinski definition) is 0. The third-order valence-electron chi connectivity index (χ3n) is 7.93. The van der Waals surface area contributed by atoms with Crippen LogP contribution in [0.3, 0.4) is 0 Å². The van der Waals surface area contributed by atoms with Gasteiger partial charge in [0.15, 0.2) is 12.4 Å². The molecule has 0 radical (unpaired) electrons. The number of pyridine rings is 1. The SMILES string of the molecule is CC(C)Oc1cccc(CC(=O)N2CCCC(CC[n+]3ccc(-c4ccccc4)cc3)(c3ccc(Cl)c(Cl)c3)C2)c1.[Cl-]. The van der Waals surface area contributed by atoms with Crippen LogP contribution in [0.25, 0.3) is 11.1 Å². The van der Waals surface area contributed by atoms with Crippen molar-refractivity contribution in [2.75, 3.05) is 13.1 Å². The van der Waals surface area contributed by atoms with Gasteiger partial charge >= 0.3 is 0 Å². The zero-order valence-electron chi connectivity index (χ0n) is 24.1. The number of likely N-dealkylation sites (tertiary alicyclic amines) is 1. The van der Waals surface area contributed by atoms with Crippen LogP contribution in [0, 0.1) is 0 Å². The van der Waals surface area contributed by atoms with Gasteiger partial charge in [-0.3, -0.25) is 4.79 Å². The Labute approximate surface area is 265 Å². The summed E-state index contributed by atoms with van der Waals surface area (Å²) >= 11 is 12.8. The number of nitrogens with zero attached hydrogens (tertiary/aromatic N) is 2. The number of hydrogen-bond acceptors (Lipinski definition) is 2. The monoisotopic (exact) mass is 622 g/mol. The number of halogens is 3. The van der Waals surface area contributed by atoms with Crippen LogP contribution < -0.4 is 21.7 Å². The largest absolute Gasteiger partial charge is 1.00 e. The van der Waals surface area contributed by atoms with Crippen molar-refractivity contribution in [3.05, 3.63) is 118 Å². The van der Waals surface area contributed by atoms with Crippen LogP contribution in [0.1, 0.15) is 44.2 Å². The lowest BCUT2D eigenvalue weighted by molar-refractivity contribution is -0.698. The highest BCUT2D eigenvalue weighted by molar-refractivity contribution is 6.42. The average Bonchev–Trinajstić information content (AvgIpc) is 2.98. The molecule has 220 valence electrons. The molecule has 0 aliphatic carbocycles. The molecular weight excluding hydrogens is 587 g/mol. The maximum Gasteiger partial charge on any atom is 0.227 e. The number of aryl methyl sites for hydroxylation is 1. The molecule has 0 N–H and O–H groups in total. The molecular formula is C35H37Cl3N2O2. The van der Waals surface area contributed by atoms with Gasteiger partial charge in [-0.05, 0) is 73.2 Å². The van der Waals surface area contributed by atoms with Crippen LogP contribution in [0.2, 0.25) is 10.0 Å². The van der Waals surface area contributed by atoms with Crippen LogP contribution in [-0.2, 0) is 23.2 Å². The van der Waals surface area contributed by atoms with Gasteiger partial charge in [0.2, 0.25) is 5.91 Å². The molecule has 3 aromatic carbocycles. The molecule has 0 saturated carbocycles. The topological polar surface area (TPSA) is 33.4 Å². The lowest BCUT2D eigenvalue weighted by atomic mass is 9.71. The summed E-state index contributed by atoms with van der Waals surface area (Å²) in [5.74, 6) is 0.931. The lowest BCUT2D eigenvalue weighted by Crippen LogP contribution is -3.00. The Morgan fingerprint density at radius 1 is 0.929 bits per heavy atom. The number of aromatic nitrogens is 1. The van der Waals surface area contributed by atoms with Crippen LogP contribution in [-0.4, -0.2) is 30.0 Å². The Morgan fingerprint density at radius 3 is 2.38 bits per heavy atom. The number of ether oxygens (including phenoxy) is 1. The van der Waals surface area contributed by atoms with Crippen molar-refractivity contribution in [3.8, 4) is 16.9 Å². The van der Waals surface area contributed by atoms with E-state index in [9.17, 15) is 4.79 Å². The molecule has 1 aromatic heterocycles. The molecule has 2 heterocycles. The predicted molar refractivity (Wildman–Crippen MR) is 167 cm³/mol. The summed E-state index contributed by atoms with van der Waals surface area (Å²) in [5.41, 5.74) is 4.27. The maximum absolute atomic E-state index is 13.6. The lowest BCUT2D eigenvalue weighted by Gasteiger charge is -2.43. The highest BCUT2D eigenvalue weighted by Crippen LogP contribution is 2.40. The van der Waals surface area contributed by atoms with Crippen molar-refractivity contribution in [1.29, 1.82) is 0 Å². The third kappa shape index (κ3) is 7.86. The van der Waals surface area contributed by atoms with Gasteiger partial charge in [-0.1, -0.05) is 71.7 Å². The third-order valence-corrected chi connectivity index (χ3v) is 8.67. The zero-order chi connectivity index (χ0) is 28.8. The maximum atomic E-state index is 13.6. The fourth-order valence-electron chi connectivity index (χ4n) is 5.81. The second-order valence-corrected chi connectivity index (χ2v) is 12.1. The van der Waals surface area contributed by atoms with E-state index in [-0.39, 0.29) is 29.8 Å². The Kier molecular flexibility index (Phi) is 10.9. The molecule has 42 heavy (non-hydrogen) atoms. The number of benzene rings is 3. The van der Waals surface area contributed by atoms with Crippen LogP contribution in [0.5, 0.6) is 5.75 Å². The normalized spacial score (nSPS) is 16.6. The number of piperidine rings is 1. The summed E-state index contributed by atoms with van der Waals surface area (Å²) in [7, 11) is 0. The molecule has 4 aromatic rings. The number of carbonyl (C=O) groups excluding carboxylic acids is 1. The van der Waals surface area contributed by atoms with Crippen LogP contribution in [0.15, 0.2) is 97.3 Å². The highest BCUT2D eigenvalue weighted by atomic mass is 35.5. The van der Waals surface area contributed by atoms with E-state index < -0.39 is 0 Å². The van der Waals surface area contributed by atoms with Crippen LogP contribution in [0.4, 0.5) is 0 Å². The molecule has 1 unspecified atom stereocenters. The molecule has 1 fully saturated rings. The van der Waals surface area contributed by atoms with E-state index in [1.807, 2.05) is 61.2 Å². The number of rotatable bonds is 9. The van der Waals surface area contributed by atoms with Crippen LogP contribution >= 0.6 is 23.2 Å². The fraction of sp³-hybridized carbons (Fsp3) is 0.314. The van der Waals surface area contributed by atoms with Gasteiger partial charge in [0.05, 0.1) is 22.6 Å². The molecule has 1 aliphatic heterocycles. The van der Waals surface area contributed by atoms with Crippen molar-refractivity contribution >= 4 is 29.1 Å². The fourth-order valence-corrected chi connectivity index (χ4v) is 6.11. The molecule has 1 amide bonds. The molecule has 4 nitrogen and oxygen atoms in total. The summed E-state index contributed by atoms with van der Waals surface area (Å²) in [6, 6.07) is 28.5. The Balaban J connectivity index is 0.00000405. The van der Waals surface area contributed by atoms with E-state index in [0.717, 1.165) is 49.2 Å². The predicted octanol–water partition coefficient (Wildman–Crippen LogP) is 4.93. The van der Waals surface area contributed by atoms with Gasteiger partial charge < -0.3 is 22.0 Å². The summed E-state index contributed by atoms with van der Waals surface area (Å²) < 4.78 is 8.08. The smallest absolute Gasteiger partial charge is 0.227 e. The Morgan fingerprint density at radius 2 is 1.67 bits per heavy atom. The molecule has 7 heteroatoms. The van der Waals surface area contributed by atoms with E-state index in [2.05, 4.69) is 59.4 Å². The van der Waals surface area contributed by atoms with Gasteiger partial charge in [-0.15, -0.1) is 0 Å². The first-order valence-electron chi connectivity index (χ1n) is 14.3. The molecule has 1 saturated heterocycles. The number of carbonyl (C=O) groups is 1. The Bertz CT molecular complexity index is 1480. The summed E-state index contributed by atoms with van der Waals surface area (Å²) in [6.45, 7) is 6.23. The van der Waals surface area contributed by atoms with Crippen molar-refractivity contribution < 1.29 is 26.5 Å². The zero-order valence-corrected chi connectivity index (χ0v) is 26.4. The first-order valence-corrected chi connectivity index (χ1v) is 15.1. The second-order valence-electron chi connectivity index (χ2n) is 11.3. The van der Waals surface area contributed by atoms with E-state index in [1.165, 1.54) is 11.1 Å². The molecule has 5 rings (SSSR count). The van der Waals surface area contributed by atoms with Crippen molar-refractivity contribution in [2.24, 2.45) is 0 Å². The summed E-state index contributed by atoms with van der Waals surface area (Å²) in [4.78, 5) is 15.7. The van der Waals surface area contributed by atoms with Gasteiger partial charge in [0.25, 0.3) is 0 Å². The Hall–Kier alpha value is -3.05. The standard InChI is InChI=1S/C35H37Cl2N2O2.ClH/c1-26(2)41-31-11-6-8-27(22-31)23-34(40)39-18-7-16-35(25-39,30-12-13-32(36)33(37)24-30)17-21-38-19-14-29(15-20-38)28-9-4-3-5-10-28;/h3-6,8-15,19-20,22,24,26H,7,16-18,21,23,25H2,1-2H3;1H/q+1;/p-1.